The molecule has 1 fully saturated rings. The second-order valence-electron chi connectivity index (χ2n) is 8.48. The Bertz CT molecular complexity index is 1280. The summed E-state index contributed by atoms with van der Waals surface area (Å²) in [7, 11) is 3.12. The Morgan fingerprint density at radius 3 is 2.51 bits per heavy atom. The van der Waals surface area contributed by atoms with Crippen molar-refractivity contribution >= 4 is 11.6 Å². The van der Waals surface area contributed by atoms with E-state index in [0.29, 0.717) is 62.1 Å². The highest BCUT2D eigenvalue weighted by molar-refractivity contribution is 5.76. The fourth-order valence-corrected chi connectivity index (χ4v) is 4.11. The number of hydrogen-bond donors (Lipinski definition) is 1. The first-order valence-electron chi connectivity index (χ1n) is 12.0. The first-order chi connectivity index (χ1) is 18.0. The molecule has 4 rings (SSSR count). The standard InChI is InChI=1S/C26H30FN5O5/c1-35-15-16-37-22-9-7-18(17-23(22)36-2)25-28-26(34)20(29-30-25)8-10-24(33)32-13-11-31(12-14-32)21-6-4-3-5-19(21)27/h3-7,9,17H,8,10-16H2,1-2H3,(H,28,30,34). The Morgan fingerprint density at radius 2 is 1.81 bits per heavy atom. The van der Waals surface area contributed by atoms with E-state index in [-0.39, 0.29) is 36.1 Å². The van der Waals surface area contributed by atoms with Crippen molar-refractivity contribution in [2.45, 2.75) is 12.8 Å². The lowest BCUT2D eigenvalue weighted by atomic mass is 10.1. The van der Waals surface area contributed by atoms with E-state index < -0.39 is 5.56 Å². The molecule has 1 aliphatic rings. The number of aryl methyl sites for hydroxylation is 1. The molecule has 0 unspecified atom stereocenters. The van der Waals surface area contributed by atoms with Gasteiger partial charge in [0.2, 0.25) is 5.91 Å². The van der Waals surface area contributed by atoms with Gasteiger partial charge in [-0.05, 0) is 30.3 Å². The number of H-pyrrole nitrogens is 1. The lowest BCUT2D eigenvalue weighted by molar-refractivity contribution is -0.131. The average molecular weight is 512 g/mol. The van der Waals surface area contributed by atoms with E-state index in [4.69, 9.17) is 14.2 Å². The van der Waals surface area contributed by atoms with Gasteiger partial charge >= 0.3 is 0 Å². The number of carbonyl (C=O) groups is 1. The second-order valence-corrected chi connectivity index (χ2v) is 8.48. The fourth-order valence-electron chi connectivity index (χ4n) is 4.11. The molecule has 1 aliphatic heterocycles. The molecule has 196 valence electrons. The third-order valence-electron chi connectivity index (χ3n) is 6.15. The van der Waals surface area contributed by atoms with Crippen molar-refractivity contribution in [1.29, 1.82) is 0 Å². The van der Waals surface area contributed by atoms with Gasteiger partial charge in [0.05, 0.1) is 19.4 Å². The number of hydrogen-bond acceptors (Lipinski definition) is 8. The molecule has 0 saturated carbocycles. The van der Waals surface area contributed by atoms with Crippen LogP contribution in [0.1, 0.15) is 12.1 Å². The molecule has 0 aliphatic carbocycles. The van der Waals surface area contributed by atoms with Gasteiger partial charge in [0, 0.05) is 51.7 Å². The number of rotatable bonds is 10. The normalized spacial score (nSPS) is 13.5. The summed E-state index contributed by atoms with van der Waals surface area (Å²) in [6.45, 7) is 2.88. The molecule has 11 heteroatoms. The van der Waals surface area contributed by atoms with E-state index in [2.05, 4.69) is 15.2 Å². The zero-order valence-corrected chi connectivity index (χ0v) is 20.9. The average Bonchev–Trinajstić information content (AvgIpc) is 2.93. The molecule has 1 N–H and O–H groups in total. The number of anilines is 1. The molecule has 0 radical (unpaired) electrons. The summed E-state index contributed by atoms with van der Waals surface area (Å²) >= 11 is 0. The first-order valence-corrected chi connectivity index (χ1v) is 12.0. The van der Waals surface area contributed by atoms with Crippen LogP contribution in [0.4, 0.5) is 10.1 Å². The summed E-state index contributed by atoms with van der Waals surface area (Å²) in [4.78, 5) is 31.8. The first kappa shape index (κ1) is 26.1. The molecule has 0 bridgehead atoms. The van der Waals surface area contributed by atoms with Gasteiger partial charge in [-0.15, -0.1) is 10.2 Å². The number of methoxy groups -OCH3 is 2. The molecule has 1 saturated heterocycles. The van der Waals surface area contributed by atoms with Crippen LogP contribution in [-0.2, 0) is 16.0 Å². The number of amides is 1. The van der Waals surface area contributed by atoms with Gasteiger partial charge in [-0.1, -0.05) is 12.1 Å². The molecular weight excluding hydrogens is 481 g/mol. The smallest absolute Gasteiger partial charge is 0.273 e. The minimum Gasteiger partial charge on any atom is -0.493 e. The van der Waals surface area contributed by atoms with Crippen LogP contribution in [0.25, 0.3) is 11.4 Å². The largest absolute Gasteiger partial charge is 0.493 e. The number of ether oxygens (including phenoxy) is 3. The Hall–Kier alpha value is -3.99. The van der Waals surface area contributed by atoms with Gasteiger partial charge < -0.3 is 29.0 Å². The summed E-state index contributed by atoms with van der Waals surface area (Å²) in [5.74, 6) is 0.969. The highest BCUT2D eigenvalue weighted by Gasteiger charge is 2.23. The van der Waals surface area contributed by atoms with Crippen LogP contribution in [0, 0.1) is 5.82 Å². The maximum atomic E-state index is 14.0. The molecule has 1 aromatic heterocycles. The van der Waals surface area contributed by atoms with E-state index >= 15 is 0 Å². The van der Waals surface area contributed by atoms with Gasteiger partial charge in [0.1, 0.15) is 18.1 Å². The van der Waals surface area contributed by atoms with Crippen LogP contribution in [0.5, 0.6) is 11.5 Å². The molecule has 10 nitrogen and oxygen atoms in total. The van der Waals surface area contributed by atoms with Crippen LogP contribution in [0.3, 0.4) is 0 Å². The number of aromatic nitrogens is 3. The van der Waals surface area contributed by atoms with Crippen LogP contribution in [0.15, 0.2) is 47.3 Å². The lowest BCUT2D eigenvalue weighted by Gasteiger charge is -2.36. The maximum Gasteiger partial charge on any atom is 0.273 e. The van der Waals surface area contributed by atoms with E-state index in [1.54, 1.807) is 48.4 Å². The topological polar surface area (TPSA) is 110 Å². The van der Waals surface area contributed by atoms with Crippen molar-refractivity contribution in [1.82, 2.24) is 20.1 Å². The van der Waals surface area contributed by atoms with E-state index in [9.17, 15) is 14.0 Å². The quantitative estimate of drug-likeness (QED) is 0.413. The van der Waals surface area contributed by atoms with Gasteiger partial charge in [0.15, 0.2) is 17.3 Å². The van der Waals surface area contributed by atoms with Crippen molar-refractivity contribution in [2.24, 2.45) is 0 Å². The molecule has 3 aromatic rings. The SMILES string of the molecule is COCCOc1ccc(-c2nnc(CCC(=O)N3CCN(c4ccccc4F)CC3)c(=O)[nH]2)cc1OC. The summed E-state index contributed by atoms with van der Waals surface area (Å²) in [5, 5.41) is 8.21. The number of benzene rings is 2. The number of carbonyl (C=O) groups excluding carboxylic acids is 1. The number of piperazine rings is 1. The van der Waals surface area contributed by atoms with Crippen LogP contribution >= 0.6 is 0 Å². The Labute approximate surface area is 214 Å². The minimum atomic E-state index is -0.401. The van der Waals surface area contributed by atoms with Crippen molar-refractivity contribution in [3.63, 3.8) is 0 Å². The third-order valence-corrected chi connectivity index (χ3v) is 6.15. The van der Waals surface area contributed by atoms with Gasteiger partial charge in [-0.3, -0.25) is 9.59 Å². The van der Waals surface area contributed by atoms with E-state index in [1.165, 1.54) is 13.2 Å². The Balaban J connectivity index is 1.33. The van der Waals surface area contributed by atoms with Crippen LogP contribution in [-0.4, -0.2) is 79.6 Å². The van der Waals surface area contributed by atoms with Crippen LogP contribution in [0.2, 0.25) is 0 Å². The summed E-state index contributed by atoms with van der Waals surface area (Å²) in [5.41, 5.74) is 0.938. The van der Waals surface area contributed by atoms with Crippen molar-refractivity contribution in [3.05, 3.63) is 64.3 Å². The molecule has 0 spiro atoms. The Morgan fingerprint density at radius 1 is 1.03 bits per heavy atom. The number of nitrogens with zero attached hydrogens (tertiary/aromatic N) is 4. The summed E-state index contributed by atoms with van der Waals surface area (Å²) in [6, 6.07) is 11.8. The van der Waals surface area contributed by atoms with Gasteiger partial charge in [-0.2, -0.15) is 0 Å². The molecule has 1 amide bonds. The van der Waals surface area contributed by atoms with Crippen LogP contribution < -0.4 is 19.9 Å². The third kappa shape index (κ3) is 6.42. The molecule has 2 aromatic carbocycles. The monoisotopic (exact) mass is 511 g/mol. The number of nitrogens with one attached hydrogen (secondary N) is 1. The lowest BCUT2D eigenvalue weighted by Crippen LogP contribution is -2.49. The van der Waals surface area contributed by atoms with E-state index in [0.717, 1.165) is 0 Å². The maximum absolute atomic E-state index is 14.0. The molecule has 2 heterocycles. The predicted octanol–water partition coefficient (Wildman–Crippen LogP) is 2.29. The molecule has 37 heavy (non-hydrogen) atoms. The van der Waals surface area contributed by atoms with Crippen molar-refractivity contribution < 1.29 is 23.4 Å². The fraction of sp³-hybridized carbons (Fsp3) is 0.385. The molecule has 0 atom stereocenters. The number of para-hydroxylation sites is 1. The van der Waals surface area contributed by atoms with Crippen molar-refractivity contribution in [2.75, 3.05) is 58.5 Å². The van der Waals surface area contributed by atoms with Crippen molar-refractivity contribution in [3.8, 4) is 22.9 Å². The zero-order chi connectivity index (χ0) is 26.2. The zero-order valence-electron chi connectivity index (χ0n) is 20.9. The highest BCUT2D eigenvalue weighted by Crippen LogP contribution is 2.31. The minimum absolute atomic E-state index is 0.0766. The molecular formula is C26H30FN5O5. The van der Waals surface area contributed by atoms with E-state index in [1.807, 2.05) is 4.90 Å². The number of aromatic amines is 1. The van der Waals surface area contributed by atoms with Gasteiger partial charge in [0.25, 0.3) is 5.56 Å². The number of halogens is 1. The highest BCUT2D eigenvalue weighted by atomic mass is 19.1. The Kier molecular flexibility index (Phi) is 8.68. The second kappa shape index (κ2) is 12.3. The predicted molar refractivity (Wildman–Crippen MR) is 136 cm³/mol. The summed E-state index contributed by atoms with van der Waals surface area (Å²) < 4.78 is 30.0. The van der Waals surface area contributed by atoms with Gasteiger partial charge in [-0.25, -0.2) is 4.39 Å². The summed E-state index contributed by atoms with van der Waals surface area (Å²) in [6.07, 6.45) is 0.308.